The normalized spacial score (nSPS) is 16.4. The SMILES string of the molecule is CC(C(=O)Nc1ccc(Br)cc1)N1CCN(c2ncnc3sccc23)CC1. The van der Waals surface area contributed by atoms with Gasteiger partial charge in [-0.1, -0.05) is 15.9 Å². The Balaban J connectivity index is 1.37. The van der Waals surface area contributed by atoms with Crippen molar-refractivity contribution in [2.45, 2.75) is 13.0 Å². The molecule has 1 saturated heterocycles. The van der Waals surface area contributed by atoms with E-state index >= 15 is 0 Å². The largest absolute Gasteiger partial charge is 0.353 e. The first kappa shape index (κ1) is 18.3. The minimum absolute atomic E-state index is 0.0213. The van der Waals surface area contributed by atoms with Crippen molar-refractivity contribution in [2.75, 3.05) is 36.4 Å². The van der Waals surface area contributed by atoms with Gasteiger partial charge in [-0.3, -0.25) is 9.69 Å². The van der Waals surface area contributed by atoms with Crippen LogP contribution in [0, 0.1) is 0 Å². The Kier molecular flexibility index (Phi) is 5.38. The zero-order chi connectivity index (χ0) is 18.8. The predicted molar refractivity (Wildman–Crippen MR) is 113 cm³/mol. The minimum atomic E-state index is -0.178. The molecular weight excluding hydrogens is 426 g/mol. The summed E-state index contributed by atoms with van der Waals surface area (Å²) in [6.45, 7) is 5.30. The lowest BCUT2D eigenvalue weighted by Gasteiger charge is -2.38. The zero-order valence-corrected chi connectivity index (χ0v) is 17.3. The first-order valence-corrected chi connectivity index (χ1v) is 10.5. The molecule has 1 aliphatic rings. The summed E-state index contributed by atoms with van der Waals surface area (Å²) in [4.78, 5) is 26.9. The lowest BCUT2D eigenvalue weighted by atomic mass is 10.2. The molecule has 2 aromatic heterocycles. The summed E-state index contributed by atoms with van der Waals surface area (Å²) in [5.74, 6) is 1.01. The first-order valence-electron chi connectivity index (χ1n) is 8.85. The van der Waals surface area contributed by atoms with Crippen LogP contribution in [0.4, 0.5) is 11.5 Å². The Morgan fingerprint density at radius 1 is 1.15 bits per heavy atom. The van der Waals surface area contributed by atoms with E-state index in [1.807, 2.05) is 36.6 Å². The minimum Gasteiger partial charge on any atom is -0.353 e. The van der Waals surface area contributed by atoms with E-state index in [1.54, 1.807) is 17.7 Å². The number of carbonyl (C=O) groups is 1. The van der Waals surface area contributed by atoms with Crippen LogP contribution in [0.1, 0.15) is 6.92 Å². The van der Waals surface area contributed by atoms with Gasteiger partial charge in [0.2, 0.25) is 5.91 Å². The van der Waals surface area contributed by atoms with Crippen molar-refractivity contribution in [3.63, 3.8) is 0 Å². The van der Waals surface area contributed by atoms with Gasteiger partial charge in [0.15, 0.2) is 0 Å². The molecule has 8 heteroatoms. The lowest BCUT2D eigenvalue weighted by molar-refractivity contribution is -0.120. The van der Waals surface area contributed by atoms with Crippen LogP contribution in [0.3, 0.4) is 0 Å². The second kappa shape index (κ2) is 7.92. The van der Waals surface area contributed by atoms with Crippen molar-refractivity contribution < 1.29 is 4.79 Å². The third-order valence-corrected chi connectivity index (χ3v) is 6.24. The van der Waals surface area contributed by atoms with Gasteiger partial charge in [-0.25, -0.2) is 9.97 Å². The van der Waals surface area contributed by atoms with Crippen LogP contribution in [0.15, 0.2) is 46.5 Å². The first-order chi connectivity index (χ1) is 13.1. The number of hydrogen-bond acceptors (Lipinski definition) is 6. The molecule has 1 unspecified atom stereocenters. The van der Waals surface area contributed by atoms with Gasteiger partial charge >= 0.3 is 0 Å². The van der Waals surface area contributed by atoms with E-state index in [9.17, 15) is 4.79 Å². The molecule has 4 rings (SSSR count). The average Bonchev–Trinajstić information content (AvgIpc) is 3.18. The molecule has 1 aliphatic heterocycles. The number of benzene rings is 1. The smallest absolute Gasteiger partial charge is 0.241 e. The van der Waals surface area contributed by atoms with Crippen molar-refractivity contribution in [2.24, 2.45) is 0 Å². The Labute approximate surface area is 170 Å². The molecule has 0 radical (unpaired) electrons. The summed E-state index contributed by atoms with van der Waals surface area (Å²) < 4.78 is 0.995. The number of thiophene rings is 1. The van der Waals surface area contributed by atoms with E-state index in [4.69, 9.17) is 0 Å². The van der Waals surface area contributed by atoms with Crippen LogP contribution in [-0.4, -0.2) is 53.0 Å². The van der Waals surface area contributed by atoms with Crippen molar-refractivity contribution in [3.05, 3.63) is 46.5 Å². The number of fused-ring (bicyclic) bond motifs is 1. The van der Waals surface area contributed by atoms with Crippen molar-refractivity contribution >= 4 is 54.9 Å². The molecule has 0 spiro atoms. The number of halogens is 1. The Hall–Kier alpha value is -2.03. The maximum atomic E-state index is 12.6. The number of nitrogens with zero attached hydrogens (tertiary/aromatic N) is 4. The summed E-state index contributed by atoms with van der Waals surface area (Å²) in [6.07, 6.45) is 1.63. The molecule has 3 heterocycles. The molecule has 3 aromatic rings. The number of piperazine rings is 1. The molecule has 27 heavy (non-hydrogen) atoms. The molecule has 1 amide bonds. The van der Waals surface area contributed by atoms with Gasteiger partial charge < -0.3 is 10.2 Å². The van der Waals surface area contributed by atoms with Crippen LogP contribution in [0.2, 0.25) is 0 Å². The van der Waals surface area contributed by atoms with Gasteiger partial charge in [0.1, 0.15) is 17.0 Å². The number of hydrogen-bond donors (Lipinski definition) is 1. The van der Waals surface area contributed by atoms with Gasteiger partial charge in [0.05, 0.1) is 11.4 Å². The van der Waals surface area contributed by atoms with Gasteiger partial charge in [0.25, 0.3) is 0 Å². The van der Waals surface area contributed by atoms with E-state index in [0.29, 0.717) is 0 Å². The number of rotatable bonds is 4. The van der Waals surface area contributed by atoms with E-state index in [-0.39, 0.29) is 11.9 Å². The van der Waals surface area contributed by atoms with Crippen LogP contribution in [0.5, 0.6) is 0 Å². The predicted octanol–water partition coefficient (Wildman–Crippen LogP) is 3.60. The highest BCUT2D eigenvalue weighted by molar-refractivity contribution is 9.10. The Morgan fingerprint density at radius 2 is 1.89 bits per heavy atom. The van der Waals surface area contributed by atoms with E-state index in [0.717, 1.165) is 52.4 Å². The fourth-order valence-electron chi connectivity index (χ4n) is 3.30. The third-order valence-electron chi connectivity index (χ3n) is 4.89. The molecule has 0 saturated carbocycles. The second-order valence-corrected chi connectivity index (χ2v) is 8.34. The molecule has 6 nitrogen and oxygen atoms in total. The summed E-state index contributed by atoms with van der Waals surface area (Å²) in [7, 11) is 0. The summed E-state index contributed by atoms with van der Waals surface area (Å²) in [5.41, 5.74) is 0.814. The third kappa shape index (κ3) is 3.97. The maximum absolute atomic E-state index is 12.6. The molecule has 1 aromatic carbocycles. The van der Waals surface area contributed by atoms with Crippen LogP contribution in [0.25, 0.3) is 10.2 Å². The standard InChI is InChI=1S/C19H20BrN5OS/c1-13(18(26)23-15-4-2-14(20)3-5-15)24-7-9-25(10-8-24)17-16-6-11-27-19(16)22-12-21-17/h2-6,11-13H,7-10H2,1H3,(H,23,26). The zero-order valence-electron chi connectivity index (χ0n) is 14.9. The topological polar surface area (TPSA) is 61.4 Å². The fourth-order valence-corrected chi connectivity index (χ4v) is 4.29. The summed E-state index contributed by atoms with van der Waals surface area (Å²) in [6, 6.07) is 9.54. The quantitative estimate of drug-likeness (QED) is 0.664. The van der Waals surface area contributed by atoms with Crippen LogP contribution >= 0.6 is 27.3 Å². The molecule has 0 bridgehead atoms. The summed E-state index contributed by atoms with van der Waals surface area (Å²) in [5, 5.41) is 6.15. The molecular formula is C19H20BrN5OS. The van der Waals surface area contributed by atoms with Crippen molar-refractivity contribution in [3.8, 4) is 0 Å². The molecule has 140 valence electrons. The number of aromatic nitrogens is 2. The lowest BCUT2D eigenvalue weighted by Crippen LogP contribution is -2.53. The highest BCUT2D eigenvalue weighted by atomic mass is 79.9. The van der Waals surface area contributed by atoms with Crippen LogP contribution in [-0.2, 0) is 4.79 Å². The average molecular weight is 446 g/mol. The second-order valence-electron chi connectivity index (χ2n) is 6.53. The molecule has 1 N–H and O–H groups in total. The fraction of sp³-hybridized carbons (Fsp3) is 0.316. The van der Waals surface area contributed by atoms with E-state index < -0.39 is 0 Å². The highest BCUT2D eigenvalue weighted by Gasteiger charge is 2.27. The number of amides is 1. The van der Waals surface area contributed by atoms with E-state index in [2.05, 4.69) is 47.1 Å². The van der Waals surface area contributed by atoms with Crippen molar-refractivity contribution in [1.29, 1.82) is 0 Å². The Morgan fingerprint density at radius 3 is 2.63 bits per heavy atom. The molecule has 1 fully saturated rings. The monoisotopic (exact) mass is 445 g/mol. The van der Waals surface area contributed by atoms with Gasteiger partial charge in [0, 0.05) is 36.3 Å². The van der Waals surface area contributed by atoms with E-state index in [1.165, 1.54) is 0 Å². The van der Waals surface area contributed by atoms with Gasteiger partial charge in [-0.05, 0) is 42.6 Å². The molecule has 1 atom stereocenters. The number of carbonyl (C=O) groups excluding carboxylic acids is 1. The van der Waals surface area contributed by atoms with Crippen LogP contribution < -0.4 is 10.2 Å². The molecule has 0 aliphatic carbocycles. The number of nitrogens with one attached hydrogen (secondary N) is 1. The number of anilines is 2. The van der Waals surface area contributed by atoms with Gasteiger partial charge in [-0.2, -0.15) is 0 Å². The van der Waals surface area contributed by atoms with Gasteiger partial charge in [-0.15, -0.1) is 11.3 Å². The summed E-state index contributed by atoms with van der Waals surface area (Å²) >= 11 is 5.04. The van der Waals surface area contributed by atoms with Crippen molar-refractivity contribution in [1.82, 2.24) is 14.9 Å². The maximum Gasteiger partial charge on any atom is 0.241 e. The highest BCUT2D eigenvalue weighted by Crippen LogP contribution is 2.27. The Bertz CT molecular complexity index is 937.